The standard InChI is InChI=1S/C33H33FO5/c1-21(2)18-37-29-14-11-26(12-15-29)30-16-13-27(17-31(30)34)24-7-9-25(10-8-24)28(19-38-32(35)22(3)4)20-39-33(36)23(5)6/h7-17,28H,1,3,5,18-20H2,2,4,6H3. The van der Waals surface area contributed by atoms with Crippen molar-refractivity contribution in [2.24, 2.45) is 0 Å². The normalized spacial score (nSPS) is 10.6. The van der Waals surface area contributed by atoms with Crippen LogP contribution in [-0.4, -0.2) is 31.8 Å². The lowest BCUT2D eigenvalue weighted by Gasteiger charge is -2.18. The Bertz CT molecular complexity index is 1340. The molecule has 6 heteroatoms. The summed E-state index contributed by atoms with van der Waals surface area (Å²) in [6.45, 7) is 16.5. The van der Waals surface area contributed by atoms with E-state index in [2.05, 4.69) is 19.7 Å². The topological polar surface area (TPSA) is 61.8 Å². The second-order valence-corrected chi connectivity index (χ2v) is 9.54. The second-order valence-electron chi connectivity index (χ2n) is 9.54. The highest BCUT2D eigenvalue weighted by atomic mass is 19.1. The molecule has 0 unspecified atom stereocenters. The number of hydrogen-bond acceptors (Lipinski definition) is 5. The van der Waals surface area contributed by atoms with Crippen LogP contribution < -0.4 is 4.74 Å². The van der Waals surface area contributed by atoms with Gasteiger partial charge in [-0.25, -0.2) is 14.0 Å². The van der Waals surface area contributed by atoms with E-state index in [0.29, 0.717) is 23.5 Å². The van der Waals surface area contributed by atoms with E-state index in [4.69, 9.17) is 14.2 Å². The van der Waals surface area contributed by atoms with Crippen LogP contribution in [-0.2, 0) is 19.1 Å². The minimum Gasteiger partial charge on any atom is -0.489 e. The van der Waals surface area contributed by atoms with Gasteiger partial charge in [0.1, 0.15) is 31.4 Å². The first-order chi connectivity index (χ1) is 18.5. The van der Waals surface area contributed by atoms with Gasteiger partial charge in [-0.3, -0.25) is 0 Å². The van der Waals surface area contributed by atoms with Gasteiger partial charge in [0.2, 0.25) is 0 Å². The molecule has 0 aliphatic rings. The predicted molar refractivity (Wildman–Crippen MR) is 152 cm³/mol. The fraction of sp³-hybridized carbons (Fsp3) is 0.212. The van der Waals surface area contributed by atoms with Crippen LogP contribution in [0.1, 0.15) is 32.3 Å². The molecule has 0 aliphatic carbocycles. The molecule has 3 rings (SSSR count). The van der Waals surface area contributed by atoms with Crippen molar-refractivity contribution in [3.8, 4) is 28.0 Å². The van der Waals surface area contributed by atoms with E-state index >= 15 is 4.39 Å². The highest BCUT2D eigenvalue weighted by Gasteiger charge is 2.18. The van der Waals surface area contributed by atoms with E-state index in [1.807, 2.05) is 61.5 Å². The summed E-state index contributed by atoms with van der Waals surface area (Å²) in [4.78, 5) is 23.8. The molecule has 39 heavy (non-hydrogen) atoms. The summed E-state index contributed by atoms with van der Waals surface area (Å²) in [5.74, 6) is -1.09. The summed E-state index contributed by atoms with van der Waals surface area (Å²) >= 11 is 0. The third-order valence-corrected chi connectivity index (χ3v) is 5.86. The Morgan fingerprint density at radius 1 is 0.744 bits per heavy atom. The van der Waals surface area contributed by atoms with Crippen molar-refractivity contribution in [1.29, 1.82) is 0 Å². The van der Waals surface area contributed by atoms with Crippen molar-refractivity contribution in [2.45, 2.75) is 26.7 Å². The summed E-state index contributed by atoms with van der Waals surface area (Å²) in [7, 11) is 0. The maximum atomic E-state index is 15.1. The van der Waals surface area contributed by atoms with Gasteiger partial charge in [-0.2, -0.15) is 0 Å². The summed E-state index contributed by atoms with van der Waals surface area (Å²) in [5, 5.41) is 0. The van der Waals surface area contributed by atoms with Crippen LogP contribution in [0.15, 0.2) is 103 Å². The zero-order valence-corrected chi connectivity index (χ0v) is 22.6. The van der Waals surface area contributed by atoms with Gasteiger partial charge < -0.3 is 14.2 Å². The van der Waals surface area contributed by atoms with E-state index in [9.17, 15) is 9.59 Å². The molecule has 0 saturated heterocycles. The smallest absolute Gasteiger partial charge is 0.333 e. The molecule has 5 nitrogen and oxygen atoms in total. The summed E-state index contributed by atoms with van der Waals surface area (Å²) in [6.07, 6.45) is 0. The minimum atomic E-state index is -0.521. The quantitative estimate of drug-likeness (QED) is 0.139. The lowest BCUT2D eigenvalue weighted by Crippen LogP contribution is -2.20. The van der Waals surface area contributed by atoms with Crippen LogP contribution in [0.5, 0.6) is 5.75 Å². The van der Waals surface area contributed by atoms with E-state index < -0.39 is 17.9 Å². The maximum Gasteiger partial charge on any atom is 0.333 e. The number of esters is 2. The fourth-order valence-electron chi connectivity index (χ4n) is 3.65. The average molecular weight is 529 g/mol. The summed E-state index contributed by atoms with van der Waals surface area (Å²) in [5.41, 5.74) is 5.03. The largest absolute Gasteiger partial charge is 0.489 e. The monoisotopic (exact) mass is 528 g/mol. The molecule has 0 saturated carbocycles. The third kappa shape index (κ3) is 8.27. The number of carbonyl (C=O) groups excluding carboxylic acids is 2. The number of carbonyl (C=O) groups is 2. The van der Waals surface area contributed by atoms with Crippen LogP contribution in [0.3, 0.4) is 0 Å². The Labute approximate surface area is 229 Å². The van der Waals surface area contributed by atoms with Gasteiger partial charge in [0.25, 0.3) is 0 Å². The number of halogens is 1. The fourth-order valence-corrected chi connectivity index (χ4v) is 3.65. The Morgan fingerprint density at radius 2 is 1.26 bits per heavy atom. The van der Waals surface area contributed by atoms with Crippen molar-refractivity contribution in [3.05, 3.63) is 115 Å². The Balaban J connectivity index is 1.76. The van der Waals surface area contributed by atoms with Gasteiger partial charge >= 0.3 is 11.9 Å². The van der Waals surface area contributed by atoms with E-state index in [0.717, 1.165) is 22.3 Å². The van der Waals surface area contributed by atoms with E-state index in [1.54, 1.807) is 19.9 Å². The average Bonchev–Trinajstić information content (AvgIpc) is 2.92. The zero-order chi connectivity index (χ0) is 28.5. The first-order valence-electron chi connectivity index (χ1n) is 12.5. The molecule has 0 fully saturated rings. The van der Waals surface area contributed by atoms with Gasteiger partial charge in [0, 0.05) is 16.7 Å². The first-order valence-corrected chi connectivity index (χ1v) is 12.5. The van der Waals surface area contributed by atoms with E-state index in [1.165, 1.54) is 6.07 Å². The molecule has 0 N–H and O–H groups in total. The van der Waals surface area contributed by atoms with Gasteiger partial charge in [-0.15, -0.1) is 0 Å². The number of benzene rings is 3. The van der Waals surface area contributed by atoms with Crippen LogP contribution in [0.25, 0.3) is 22.3 Å². The molecule has 3 aromatic rings. The Hall–Kier alpha value is -4.45. The van der Waals surface area contributed by atoms with Crippen LogP contribution >= 0.6 is 0 Å². The highest BCUT2D eigenvalue weighted by Crippen LogP contribution is 2.30. The molecule has 0 heterocycles. The predicted octanol–water partition coefficient (Wildman–Crippen LogP) is 7.44. The summed E-state index contributed by atoms with van der Waals surface area (Å²) < 4.78 is 31.4. The molecule has 3 aromatic carbocycles. The first kappa shape index (κ1) is 29.1. The van der Waals surface area contributed by atoms with Crippen LogP contribution in [0.2, 0.25) is 0 Å². The number of hydrogen-bond donors (Lipinski definition) is 0. The SMILES string of the molecule is C=C(C)COc1ccc(-c2ccc(-c3ccc(C(COC(=O)C(=C)C)COC(=O)C(=C)C)cc3)cc2F)cc1. The molecule has 202 valence electrons. The molecule has 0 aromatic heterocycles. The molecule has 0 bridgehead atoms. The van der Waals surface area contributed by atoms with Crippen LogP contribution in [0, 0.1) is 5.82 Å². The van der Waals surface area contributed by atoms with Crippen molar-refractivity contribution in [3.63, 3.8) is 0 Å². The lowest BCUT2D eigenvalue weighted by atomic mass is 9.95. The lowest BCUT2D eigenvalue weighted by molar-refractivity contribution is -0.142. The minimum absolute atomic E-state index is 0.00879. The highest BCUT2D eigenvalue weighted by molar-refractivity contribution is 5.87. The van der Waals surface area contributed by atoms with Gasteiger partial charge in [0.05, 0.1) is 5.92 Å². The summed E-state index contributed by atoms with van der Waals surface area (Å²) in [6, 6.07) is 19.8. The van der Waals surface area contributed by atoms with Crippen molar-refractivity contribution in [2.75, 3.05) is 19.8 Å². The number of rotatable bonds is 12. The van der Waals surface area contributed by atoms with Gasteiger partial charge in [-0.1, -0.05) is 68.3 Å². The Kier molecular flexibility index (Phi) is 9.98. The van der Waals surface area contributed by atoms with Crippen molar-refractivity contribution < 1.29 is 28.2 Å². The van der Waals surface area contributed by atoms with E-state index in [-0.39, 0.29) is 30.2 Å². The molecular formula is C33H33FO5. The number of ether oxygens (including phenoxy) is 3. The zero-order valence-electron chi connectivity index (χ0n) is 22.6. The third-order valence-electron chi connectivity index (χ3n) is 5.86. The van der Waals surface area contributed by atoms with Crippen LogP contribution in [0.4, 0.5) is 4.39 Å². The van der Waals surface area contributed by atoms with Crippen molar-refractivity contribution in [1.82, 2.24) is 0 Å². The second kappa shape index (κ2) is 13.4. The maximum absolute atomic E-state index is 15.1. The molecule has 0 amide bonds. The molecular weight excluding hydrogens is 495 g/mol. The molecule has 0 atom stereocenters. The Morgan fingerprint density at radius 3 is 1.74 bits per heavy atom. The molecule has 0 radical (unpaired) electrons. The van der Waals surface area contributed by atoms with Gasteiger partial charge in [-0.05, 0) is 66.8 Å². The molecule has 0 aliphatic heterocycles. The van der Waals surface area contributed by atoms with Crippen molar-refractivity contribution >= 4 is 11.9 Å². The van der Waals surface area contributed by atoms with Gasteiger partial charge in [0.15, 0.2) is 0 Å². The molecule has 0 spiro atoms.